The SMILES string of the molecule is CCCCOc1ccccc1/C=C/C(=O)Nc1nc2ccccc2s1. The summed E-state index contributed by atoms with van der Waals surface area (Å²) >= 11 is 1.46. The lowest BCUT2D eigenvalue weighted by atomic mass is 10.2. The molecule has 1 heterocycles. The molecule has 0 saturated carbocycles. The van der Waals surface area contributed by atoms with Gasteiger partial charge in [-0.15, -0.1) is 0 Å². The maximum atomic E-state index is 12.2. The van der Waals surface area contributed by atoms with Gasteiger partial charge in [-0.25, -0.2) is 4.98 Å². The number of hydrogen-bond donors (Lipinski definition) is 1. The second kappa shape index (κ2) is 8.44. The van der Waals surface area contributed by atoms with Crippen molar-refractivity contribution in [1.29, 1.82) is 0 Å². The van der Waals surface area contributed by atoms with Crippen LogP contribution in [0, 0.1) is 0 Å². The summed E-state index contributed by atoms with van der Waals surface area (Å²) in [6.45, 7) is 2.81. The Morgan fingerprint density at radius 2 is 2.00 bits per heavy atom. The van der Waals surface area contributed by atoms with Crippen LogP contribution in [0.25, 0.3) is 16.3 Å². The molecule has 0 fully saturated rings. The van der Waals surface area contributed by atoms with E-state index in [1.54, 1.807) is 6.08 Å². The Morgan fingerprint density at radius 1 is 1.20 bits per heavy atom. The summed E-state index contributed by atoms with van der Waals surface area (Å²) in [5.74, 6) is 0.586. The van der Waals surface area contributed by atoms with E-state index >= 15 is 0 Å². The zero-order valence-corrected chi connectivity index (χ0v) is 14.9. The first-order valence-electron chi connectivity index (χ1n) is 8.32. The number of ether oxygens (including phenoxy) is 1. The predicted octanol–water partition coefficient (Wildman–Crippen LogP) is 5.13. The lowest BCUT2D eigenvalue weighted by Gasteiger charge is -2.08. The van der Waals surface area contributed by atoms with Crippen molar-refractivity contribution in [2.45, 2.75) is 19.8 Å². The Hall–Kier alpha value is -2.66. The van der Waals surface area contributed by atoms with Gasteiger partial charge in [-0.05, 0) is 30.7 Å². The highest BCUT2D eigenvalue weighted by molar-refractivity contribution is 7.22. The largest absolute Gasteiger partial charge is 0.493 e. The molecule has 128 valence electrons. The number of nitrogens with one attached hydrogen (secondary N) is 1. The van der Waals surface area contributed by atoms with Gasteiger partial charge in [-0.1, -0.05) is 55.0 Å². The van der Waals surface area contributed by atoms with E-state index < -0.39 is 0 Å². The third-order valence-electron chi connectivity index (χ3n) is 3.61. The van der Waals surface area contributed by atoms with Crippen molar-refractivity contribution in [3.8, 4) is 5.75 Å². The van der Waals surface area contributed by atoms with E-state index in [2.05, 4.69) is 17.2 Å². The summed E-state index contributed by atoms with van der Waals surface area (Å²) in [5, 5.41) is 3.41. The first kappa shape index (κ1) is 17.2. The number of carbonyl (C=O) groups is 1. The molecule has 0 bridgehead atoms. The second-order valence-corrected chi connectivity index (χ2v) is 6.58. The number of thiazole rings is 1. The minimum Gasteiger partial charge on any atom is -0.493 e. The number of benzene rings is 2. The van der Waals surface area contributed by atoms with Crippen molar-refractivity contribution in [2.24, 2.45) is 0 Å². The van der Waals surface area contributed by atoms with Crippen LogP contribution >= 0.6 is 11.3 Å². The van der Waals surface area contributed by atoms with Crippen molar-refractivity contribution in [3.05, 3.63) is 60.2 Å². The number of carbonyl (C=O) groups excluding carboxylic acids is 1. The molecule has 4 nitrogen and oxygen atoms in total. The average Bonchev–Trinajstić information content (AvgIpc) is 3.03. The molecule has 5 heteroatoms. The Kier molecular flexibility index (Phi) is 5.80. The van der Waals surface area contributed by atoms with Crippen LogP contribution in [0.4, 0.5) is 5.13 Å². The molecule has 1 amide bonds. The van der Waals surface area contributed by atoms with Crippen molar-refractivity contribution >= 4 is 38.7 Å². The van der Waals surface area contributed by atoms with Crippen LogP contribution in [0.15, 0.2) is 54.6 Å². The first-order valence-corrected chi connectivity index (χ1v) is 9.14. The van der Waals surface area contributed by atoms with E-state index in [1.165, 1.54) is 17.4 Å². The summed E-state index contributed by atoms with van der Waals surface area (Å²) < 4.78 is 6.83. The third-order valence-corrected chi connectivity index (χ3v) is 4.56. The maximum Gasteiger partial charge on any atom is 0.250 e. The average molecular weight is 352 g/mol. The van der Waals surface area contributed by atoms with Crippen molar-refractivity contribution in [2.75, 3.05) is 11.9 Å². The molecule has 1 N–H and O–H groups in total. The number of anilines is 1. The molecule has 0 aliphatic heterocycles. The Morgan fingerprint density at radius 3 is 2.84 bits per heavy atom. The molecule has 0 spiro atoms. The third kappa shape index (κ3) is 4.67. The minimum atomic E-state index is -0.206. The number of fused-ring (bicyclic) bond motifs is 1. The van der Waals surface area contributed by atoms with E-state index in [9.17, 15) is 4.79 Å². The summed E-state index contributed by atoms with van der Waals surface area (Å²) in [6, 6.07) is 15.5. The number of aromatic nitrogens is 1. The van der Waals surface area contributed by atoms with Crippen molar-refractivity contribution < 1.29 is 9.53 Å². The van der Waals surface area contributed by atoms with Gasteiger partial charge in [0.15, 0.2) is 5.13 Å². The zero-order chi connectivity index (χ0) is 17.5. The summed E-state index contributed by atoms with van der Waals surface area (Å²) in [7, 11) is 0. The van der Waals surface area contributed by atoms with Crippen LogP contribution in [-0.2, 0) is 4.79 Å². The normalized spacial score (nSPS) is 11.1. The number of para-hydroxylation sites is 2. The van der Waals surface area contributed by atoms with Crippen LogP contribution in [0.5, 0.6) is 5.75 Å². The fourth-order valence-corrected chi connectivity index (χ4v) is 3.18. The molecule has 25 heavy (non-hydrogen) atoms. The number of amides is 1. The highest BCUT2D eigenvalue weighted by Gasteiger charge is 2.06. The molecule has 0 unspecified atom stereocenters. The van der Waals surface area contributed by atoms with Crippen LogP contribution in [0.2, 0.25) is 0 Å². The Bertz CT molecular complexity index is 853. The molecule has 2 aromatic carbocycles. The molecule has 3 aromatic rings. The highest BCUT2D eigenvalue weighted by Crippen LogP contribution is 2.25. The van der Waals surface area contributed by atoms with E-state index in [0.717, 1.165) is 34.4 Å². The lowest BCUT2D eigenvalue weighted by molar-refractivity contribution is -0.111. The Balaban J connectivity index is 1.66. The van der Waals surface area contributed by atoms with E-state index in [0.29, 0.717) is 11.7 Å². The van der Waals surface area contributed by atoms with Gasteiger partial charge in [0.05, 0.1) is 16.8 Å². The minimum absolute atomic E-state index is 0.206. The molecule has 3 rings (SSSR count). The number of rotatable bonds is 7. The topological polar surface area (TPSA) is 51.2 Å². The van der Waals surface area contributed by atoms with E-state index in [1.807, 2.05) is 48.5 Å². The van der Waals surface area contributed by atoms with Gasteiger partial charge < -0.3 is 4.74 Å². The molecule has 0 aliphatic carbocycles. The van der Waals surface area contributed by atoms with Gasteiger partial charge in [0.1, 0.15) is 5.75 Å². The van der Waals surface area contributed by atoms with Gasteiger partial charge in [-0.2, -0.15) is 0 Å². The van der Waals surface area contributed by atoms with Gasteiger partial charge in [0, 0.05) is 11.6 Å². The standard InChI is InChI=1S/C20H20N2O2S/c1-2-3-14-24-17-10-6-4-8-15(17)12-13-19(23)22-20-21-16-9-5-7-11-18(16)25-20/h4-13H,2-3,14H2,1H3,(H,21,22,23)/b13-12+. The van der Waals surface area contributed by atoms with Gasteiger partial charge in [0.25, 0.3) is 0 Å². The number of nitrogens with zero attached hydrogens (tertiary/aromatic N) is 1. The number of hydrogen-bond acceptors (Lipinski definition) is 4. The number of unbranched alkanes of at least 4 members (excludes halogenated alkanes) is 1. The fourth-order valence-electron chi connectivity index (χ4n) is 2.31. The molecule has 0 radical (unpaired) electrons. The molecule has 0 atom stereocenters. The Labute approximate surface area is 151 Å². The smallest absolute Gasteiger partial charge is 0.250 e. The molecule has 0 saturated heterocycles. The van der Waals surface area contributed by atoms with Crippen molar-refractivity contribution in [1.82, 2.24) is 4.98 Å². The first-order chi connectivity index (χ1) is 12.3. The van der Waals surface area contributed by atoms with Crippen LogP contribution in [0.3, 0.4) is 0 Å². The highest BCUT2D eigenvalue weighted by atomic mass is 32.1. The summed E-state index contributed by atoms with van der Waals surface area (Å²) in [5.41, 5.74) is 1.78. The quantitative estimate of drug-likeness (QED) is 0.474. The van der Waals surface area contributed by atoms with Gasteiger partial charge in [0.2, 0.25) is 5.91 Å². The predicted molar refractivity (Wildman–Crippen MR) is 104 cm³/mol. The molecular formula is C20H20N2O2S. The van der Waals surface area contributed by atoms with Gasteiger partial charge in [-0.3, -0.25) is 10.1 Å². The van der Waals surface area contributed by atoms with E-state index in [4.69, 9.17) is 4.74 Å². The summed E-state index contributed by atoms with van der Waals surface area (Å²) in [6.07, 6.45) is 5.37. The van der Waals surface area contributed by atoms with Crippen LogP contribution in [-0.4, -0.2) is 17.5 Å². The van der Waals surface area contributed by atoms with Crippen LogP contribution in [0.1, 0.15) is 25.3 Å². The monoisotopic (exact) mass is 352 g/mol. The van der Waals surface area contributed by atoms with Gasteiger partial charge >= 0.3 is 0 Å². The molecule has 0 aliphatic rings. The summed E-state index contributed by atoms with van der Waals surface area (Å²) in [4.78, 5) is 16.6. The molecule has 1 aromatic heterocycles. The van der Waals surface area contributed by atoms with E-state index in [-0.39, 0.29) is 5.91 Å². The molecular weight excluding hydrogens is 332 g/mol. The zero-order valence-electron chi connectivity index (χ0n) is 14.1. The lowest BCUT2D eigenvalue weighted by Crippen LogP contribution is -2.07. The second-order valence-electron chi connectivity index (χ2n) is 5.55. The van der Waals surface area contributed by atoms with Crippen LogP contribution < -0.4 is 10.1 Å². The van der Waals surface area contributed by atoms with Crippen molar-refractivity contribution in [3.63, 3.8) is 0 Å². The fraction of sp³-hybridized carbons (Fsp3) is 0.200. The maximum absolute atomic E-state index is 12.2.